The van der Waals surface area contributed by atoms with Gasteiger partial charge in [0.2, 0.25) is 0 Å². The van der Waals surface area contributed by atoms with Crippen LogP contribution in [-0.2, 0) is 12.8 Å². The number of rotatable bonds is 12. The number of hydrogen-bond acceptors (Lipinski definition) is 0. The van der Waals surface area contributed by atoms with Crippen molar-refractivity contribution in [3.8, 4) is 22.6 Å². The van der Waals surface area contributed by atoms with Gasteiger partial charge in [-0.2, -0.15) is 0 Å². The normalized spacial score (nSPS) is 11.0. The van der Waals surface area contributed by atoms with E-state index < -0.39 is 0 Å². The lowest BCUT2D eigenvalue weighted by atomic mass is 10.0. The van der Waals surface area contributed by atoms with Crippen LogP contribution in [0, 0.1) is 0 Å². The Morgan fingerprint density at radius 1 is 0.500 bits per heavy atom. The molecule has 1 heteroatoms. The molecule has 0 unspecified atom stereocenters. The maximum atomic E-state index is 6.26. The van der Waals surface area contributed by atoms with Gasteiger partial charge < -0.3 is 0 Å². The van der Waals surface area contributed by atoms with Gasteiger partial charge >= 0.3 is 11.5 Å². The number of aryl methyl sites for hydroxylation is 2. The zero-order chi connectivity index (χ0) is 21.0. The second-order valence-electron chi connectivity index (χ2n) is 8.37. The fraction of sp³-hybridized carbons (Fsp3) is 0.414. The maximum Gasteiger partial charge on any atom is 0.360 e. The summed E-state index contributed by atoms with van der Waals surface area (Å²) in [5, 5.41) is 0. The van der Waals surface area contributed by atoms with E-state index in [9.17, 15) is 0 Å². The van der Waals surface area contributed by atoms with Crippen LogP contribution < -0.4 is 0 Å². The molecule has 30 heavy (non-hydrogen) atoms. The topological polar surface area (TPSA) is 11.3 Å². The van der Waals surface area contributed by atoms with E-state index in [1.54, 1.807) is 0 Å². The van der Waals surface area contributed by atoms with Crippen molar-refractivity contribution < 1.29 is 4.42 Å². The number of benzene rings is 2. The fourth-order valence-electron chi connectivity index (χ4n) is 3.90. The van der Waals surface area contributed by atoms with E-state index in [-0.39, 0.29) is 0 Å². The Hall–Kier alpha value is -2.41. The van der Waals surface area contributed by atoms with Gasteiger partial charge in [-0.3, -0.25) is 0 Å². The zero-order valence-electron chi connectivity index (χ0n) is 18.8. The monoisotopic (exact) mass is 401 g/mol. The van der Waals surface area contributed by atoms with Gasteiger partial charge in [-0.1, -0.05) is 76.6 Å². The van der Waals surface area contributed by atoms with E-state index in [0.717, 1.165) is 22.6 Å². The minimum absolute atomic E-state index is 0.925. The third kappa shape index (κ3) is 6.83. The van der Waals surface area contributed by atoms with E-state index in [0.29, 0.717) is 0 Å². The van der Waals surface area contributed by atoms with Crippen molar-refractivity contribution in [1.82, 2.24) is 0 Å². The van der Waals surface area contributed by atoms with Crippen LogP contribution in [0.15, 0.2) is 71.1 Å². The van der Waals surface area contributed by atoms with Crippen molar-refractivity contribution in [2.45, 2.75) is 78.1 Å². The molecule has 0 spiro atoms. The van der Waals surface area contributed by atoms with E-state index in [2.05, 4.69) is 80.6 Å². The molecule has 0 fully saturated rings. The molecule has 0 atom stereocenters. The molecule has 1 heterocycles. The summed E-state index contributed by atoms with van der Waals surface area (Å²) in [7, 11) is 0. The van der Waals surface area contributed by atoms with Gasteiger partial charge in [0, 0.05) is 12.1 Å². The number of unbranched alkanes of at least 4 members (excludes halogenated alkanes) is 6. The van der Waals surface area contributed by atoms with Gasteiger partial charge in [-0.15, -0.1) is 0 Å². The van der Waals surface area contributed by atoms with Crippen LogP contribution in [0.2, 0.25) is 0 Å². The highest BCUT2D eigenvalue weighted by molar-refractivity contribution is 5.63. The second-order valence-corrected chi connectivity index (χ2v) is 8.37. The van der Waals surface area contributed by atoms with Crippen LogP contribution in [-0.4, -0.2) is 0 Å². The summed E-state index contributed by atoms with van der Waals surface area (Å²) in [6.07, 6.45) is 12.8. The molecular formula is C29H37O+. The van der Waals surface area contributed by atoms with Gasteiger partial charge in [-0.25, -0.2) is 4.42 Å². The lowest BCUT2D eigenvalue weighted by Crippen LogP contribution is -1.88. The van der Waals surface area contributed by atoms with Crippen molar-refractivity contribution in [3.05, 3.63) is 77.9 Å². The Kier molecular flexibility index (Phi) is 9.15. The minimum Gasteiger partial charge on any atom is -0.207 e. The van der Waals surface area contributed by atoms with Crippen LogP contribution in [0.25, 0.3) is 22.6 Å². The third-order valence-corrected chi connectivity index (χ3v) is 5.83. The molecule has 0 aliphatic rings. The van der Waals surface area contributed by atoms with Crippen molar-refractivity contribution in [2.75, 3.05) is 0 Å². The number of hydrogen-bond donors (Lipinski definition) is 0. The summed E-state index contributed by atoms with van der Waals surface area (Å²) in [4.78, 5) is 0. The highest BCUT2D eigenvalue weighted by Crippen LogP contribution is 2.27. The Morgan fingerprint density at radius 3 is 1.33 bits per heavy atom. The van der Waals surface area contributed by atoms with E-state index >= 15 is 0 Å². The summed E-state index contributed by atoms with van der Waals surface area (Å²) >= 11 is 0. The minimum atomic E-state index is 0.925. The Bertz CT molecular complexity index is 791. The Labute approximate surface area is 183 Å². The summed E-state index contributed by atoms with van der Waals surface area (Å²) in [5.41, 5.74) is 5.12. The molecule has 2 aromatic carbocycles. The van der Waals surface area contributed by atoms with Gasteiger partial charge in [0.15, 0.2) is 0 Å². The zero-order valence-corrected chi connectivity index (χ0v) is 18.8. The van der Waals surface area contributed by atoms with E-state index in [1.807, 2.05) is 0 Å². The lowest BCUT2D eigenvalue weighted by molar-refractivity contribution is 0.582. The molecule has 3 rings (SSSR count). The fourth-order valence-corrected chi connectivity index (χ4v) is 3.90. The SMILES string of the molecule is CCCCCCc1ccc(-c2cccc(-c3ccc(CCCCCC)cc3)[o+]2)cc1. The first kappa shape index (κ1) is 22.3. The molecule has 0 radical (unpaired) electrons. The van der Waals surface area contributed by atoms with Crippen molar-refractivity contribution in [1.29, 1.82) is 0 Å². The summed E-state index contributed by atoms with van der Waals surface area (Å²) in [5.74, 6) is 1.85. The average molecular weight is 402 g/mol. The molecule has 0 bridgehead atoms. The molecule has 0 aliphatic carbocycles. The standard InChI is InChI=1S/C29H37O/c1-3-5-7-9-12-24-16-20-26(21-17-24)28-14-11-15-29(30-28)27-22-18-25(19-23-27)13-10-8-6-4-2/h11,14-23H,3-10,12-13H2,1-2H3/q+1. The maximum absolute atomic E-state index is 6.26. The predicted molar refractivity (Wildman–Crippen MR) is 130 cm³/mol. The largest absolute Gasteiger partial charge is 0.360 e. The third-order valence-electron chi connectivity index (χ3n) is 5.83. The Balaban J connectivity index is 1.63. The van der Waals surface area contributed by atoms with Crippen molar-refractivity contribution >= 4 is 0 Å². The first-order valence-corrected chi connectivity index (χ1v) is 11.9. The van der Waals surface area contributed by atoms with Gasteiger partial charge in [0.25, 0.3) is 0 Å². The Morgan fingerprint density at radius 2 is 0.933 bits per heavy atom. The first-order valence-electron chi connectivity index (χ1n) is 11.9. The molecule has 0 saturated carbocycles. The predicted octanol–water partition coefficient (Wildman–Crippen LogP) is 9.14. The first-order chi connectivity index (χ1) is 14.8. The highest BCUT2D eigenvalue weighted by atomic mass is 16.3. The van der Waals surface area contributed by atoms with Gasteiger partial charge in [0.1, 0.15) is 0 Å². The molecule has 1 aromatic heterocycles. The summed E-state index contributed by atoms with van der Waals surface area (Å²) < 4.78 is 6.26. The highest BCUT2D eigenvalue weighted by Gasteiger charge is 2.16. The molecule has 1 nitrogen and oxygen atoms in total. The van der Waals surface area contributed by atoms with E-state index in [4.69, 9.17) is 4.42 Å². The molecule has 3 aromatic rings. The van der Waals surface area contributed by atoms with Crippen molar-refractivity contribution in [3.63, 3.8) is 0 Å². The molecule has 0 aliphatic heterocycles. The van der Waals surface area contributed by atoms with Crippen LogP contribution in [0.5, 0.6) is 0 Å². The summed E-state index contributed by atoms with van der Waals surface area (Å²) in [6, 6.07) is 24.0. The van der Waals surface area contributed by atoms with Crippen molar-refractivity contribution in [2.24, 2.45) is 0 Å². The smallest absolute Gasteiger partial charge is 0.207 e. The van der Waals surface area contributed by atoms with Crippen LogP contribution in [0.4, 0.5) is 0 Å². The van der Waals surface area contributed by atoms with Gasteiger partial charge in [0.05, 0.1) is 11.1 Å². The average Bonchev–Trinajstić information content (AvgIpc) is 2.80. The molecule has 0 saturated heterocycles. The second kappa shape index (κ2) is 12.3. The van der Waals surface area contributed by atoms with E-state index in [1.165, 1.54) is 75.3 Å². The quantitative estimate of drug-likeness (QED) is 0.217. The van der Waals surface area contributed by atoms with Gasteiger partial charge in [-0.05, 0) is 67.1 Å². The molecular weight excluding hydrogens is 364 g/mol. The van der Waals surface area contributed by atoms with Crippen LogP contribution >= 0.6 is 0 Å². The van der Waals surface area contributed by atoms with Crippen LogP contribution in [0.3, 0.4) is 0 Å². The lowest BCUT2D eigenvalue weighted by Gasteiger charge is -2.02. The summed E-state index contributed by atoms with van der Waals surface area (Å²) in [6.45, 7) is 4.52. The molecule has 0 amide bonds. The van der Waals surface area contributed by atoms with Crippen LogP contribution in [0.1, 0.15) is 76.3 Å². The molecule has 0 N–H and O–H groups in total. The molecule has 158 valence electrons.